The Kier molecular flexibility index (Phi) is 4.63. The Morgan fingerprint density at radius 3 is 2.70 bits per heavy atom. The Labute approximate surface area is 120 Å². The zero-order valence-electron chi connectivity index (χ0n) is 12.3. The number of nitrogen functional groups attached to an aromatic ring is 1. The molecule has 1 heterocycles. The van der Waals surface area contributed by atoms with Gasteiger partial charge in [0.1, 0.15) is 11.7 Å². The second kappa shape index (κ2) is 6.25. The number of rotatable bonds is 3. The zero-order valence-corrected chi connectivity index (χ0v) is 12.3. The lowest BCUT2D eigenvalue weighted by atomic mass is 9.89. The Bertz CT molecular complexity index is 485. The SMILES string of the molecule is CC(C)C1CCCN(c2ccc(C(=N)N)cc2F)CC1. The molecule has 1 atom stereocenters. The van der Waals surface area contributed by atoms with E-state index in [0.29, 0.717) is 17.2 Å². The van der Waals surface area contributed by atoms with Crippen LogP contribution in [0.3, 0.4) is 0 Å². The highest BCUT2D eigenvalue weighted by Gasteiger charge is 2.21. The molecule has 3 N–H and O–H groups in total. The minimum absolute atomic E-state index is 0.0915. The molecule has 0 bridgehead atoms. The molecule has 1 fully saturated rings. The summed E-state index contributed by atoms with van der Waals surface area (Å²) in [6, 6.07) is 4.84. The van der Waals surface area contributed by atoms with Crippen molar-refractivity contribution in [3.8, 4) is 0 Å². The normalized spacial score (nSPS) is 20.0. The predicted octanol–water partition coefficient (Wildman–Crippen LogP) is 3.37. The summed E-state index contributed by atoms with van der Waals surface area (Å²) in [6.07, 6.45) is 3.45. The molecule has 2 rings (SSSR count). The highest BCUT2D eigenvalue weighted by atomic mass is 19.1. The standard InChI is InChI=1S/C16H24FN3/c1-11(2)12-4-3-8-20(9-7-12)15-6-5-13(16(18)19)10-14(15)17/h5-6,10-12H,3-4,7-9H2,1-2H3,(H3,18,19). The van der Waals surface area contributed by atoms with E-state index >= 15 is 0 Å². The van der Waals surface area contributed by atoms with Crippen LogP contribution in [0.2, 0.25) is 0 Å². The van der Waals surface area contributed by atoms with E-state index in [9.17, 15) is 4.39 Å². The summed E-state index contributed by atoms with van der Waals surface area (Å²) in [7, 11) is 0. The van der Waals surface area contributed by atoms with Crippen LogP contribution in [0.1, 0.15) is 38.7 Å². The fraction of sp³-hybridized carbons (Fsp3) is 0.562. The van der Waals surface area contributed by atoms with Gasteiger partial charge in [-0.3, -0.25) is 5.41 Å². The van der Waals surface area contributed by atoms with Crippen molar-refractivity contribution in [3.05, 3.63) is 29.6 Å². The van der Waals surface area contributed by atoms with Gasteiger partial charge in [-0.1, -0.05) is 13.8 Å². The molecule has 0 aliphatic carbocycles. The van der Waals surface area contributed by atoms with Crippen LogP contribution in [0.4, 0.5) is 10.1 Å². The lowest BCUT2D eigenvalue weighted by Crippen LogP contribution is -2.25. The van der Waals surface area contributed by atoms with Gasteiger partial charge in [0.2, 0.25) is 0 Å². The third-order valence-electron chi connectivity index (χ3n) is 4.31. The number of hydrogen-bond donors (Lipinski definition) is 2. The monoisotopic (exact) mass is 277 g/mol. The molecule has 1 aliphatic heterocycles. The van der Waals surface area contributed by atoms with Crippen LogP contribution in [-0.2, 0) is 0 Å². The fourth-order valence-electron chi connectivity index (χ4n) is 2.96. The number of nitrogens with two attached hydrogens (primary N) is 1. The second-order valence-electron chi connectivity index (χ2n) is 6.00. The molecule has 3 nitrogen and oxygen atoms in total. The van der Waals surface area contributed by atoms with Gasteiger partial charge >= 0.3 is 0 Å². The first-order valence-electron chi connectivity index (χ1n) is 7.38. The van der Waals surface area contributed by atoms with Gasteiger partial charge in [-0.2, -0.15) is 0 Å². The maximum absolute atomic E-state index is 14.2. The lowest BCUT2D eigenvalue weighted by Gasteiger charge is -2.24. The van der Waals surface area contributed by atoms with Gasteiger partial charge < -0.3 is 10.6 Å². The first kappa shape index (κ1) is 14.8. The molecular formula is C16H24FN3. The van der Waals surface area contributed by atoms with E-state index in [1.807, 2.05) is 0 Å². The maximum atomic E-state index is 14.2. The third-order valence-corrected chi connectivity index (χ3v) is 4.31. The molecular weight excluding hydrogens is 253 g/mol. The molecule has 1 saturated heterocycles. The molecule has 0 radical (unpaired) electrons. The Balaban J connectivity index is 2.13. The third kappa shape index (κ3) is 3.30. The van der Waals surface area contributed by atoms with Gasteiger partial charge in [0.05, 0.1) is 5.69 Å². The Morgan fingerprint density at radius 1 is 1.35 bits per heavy atom. The maximum Gasteiger partial charge on any atom is 0.147 e. The van der Waals surface area contributed by atoms with Crippen LogP contribution in [0, 0.1) is 23.1 Å². The van der Waals surface area contributed by atoms with Crippen LogP contribution in [0.25, 0.3) is 0 Å². The van der Waals surface area contributed by atoms with Crippen molar-refractivity contribution in [3.63, 3.8) is 0 Å². The van der Waals surface area contributed by atoms with E-state index in [2.05, 4.69) is 18.7 Å². The number of nitrogens with zero attached hydrogens (tertiary/aromatic N) is 1. The average Bonchev–Trinajstić information content (AvgIpc) is 2.64. The van der Waals surface area contributed by atoms with Crippen LogP contribution >= 0.6 is 0 Å². The number of halogens is 1. The van der Waals surface area contributed by atoms with Crippen molar-refractivity contribution in [1.82, 2.24) is 0 Å². The first-order chi connectivity index (χ1) is 9.49. The topological polar surface area (TPSA) is 53.1 Å². The summed E-state index contributed by atoms with van der Waals surface area (Å²) in [6.45, 7) is 6.34. The number of anilines is 1. The molecule has 1 aliphatic rings. The molecule has 1 aromatic rings. The fourth-order valence-corrected chi connectivity index (χ4v) is 2.96. The Morgan fingerprint density at radius 2 is 2.10 bits per heavy atom. The highest BCUT2D eigenvalue weighted by molar-refractivity contribution is 5.95. The van der Waals surface area contributed by atoms with Gasteiger partial charge in [0.25, 0.3) is 0 Å². The van der Waals surface area contributed by atoms with E-state index in [0.717, 1.165) is 31.8 Å². The van der Waals surface area contributed by atoms with E-state index in [4.69, 9.17) is 11.1 Å². The minimum atomic E-state index is -0.277. The van der Waals surface area contributed by atoms with Crippen LogP contribution in [0.15, 0.2) is 18.2 Å². The largest absolute Gasteiger partial charge is 0.384 e. The quantitative estimate of drug-likeness (QED) is 0.657. The number of nitrogens with one attached hydrogen (secondary N) is 1. The van der Waals surface area contributed by atoms with E-state index in [-0.39, 0.29) is 11.7 Å². The lowest BCUT2D eigenvalue weighted by molar-refractivity contribution is 0.351. The predicted molar refractivity (Wildman–Crippen MR) is 81.8 cm³/mol. The van der Waals surface area contributed by atoms with Gasteiger partial charge in [-0.05, 0) is 49.3 Å². The van der Waals surface area contributed by atoms with Gasteiger partial charge in [0, 0.05) is 18.7 Å². The number of benzene rings is 1. The van der Waals surface area contributed by atoms with Crippen molar-refractivity contribution in [2.45, 2.75) is 33.1 Å². The summed E-state index contributed by atoms with van der Waals surface area (Å²) in [4.78, 5) is 2.13. The summed E-state index contributed by atoms with van der Waals surface area (Å²) < 4.78 is 14.2. The molecule has 1 unspecified atom stereocenters. The van der Waals surface area contributed by atoms with E-state index < -0.39 is 0 Å². The number of amidine groups is 1. The molecule has 1 aromatic carbocycles. The summed E-state index contributed by atoms with van der Waals surface area (Å²) in [5.74, 6) is 1.06. The molecule has 20 heavy (non-hydrogen) atoms. The smallest absolute Gasteiger partial charge is 0.147 e. The van der Waals surface area contributed by atoms with Crippen molar-refractivity contribution >= 4 is 11.5 Å². The Hall–Kier alpha value is -1.58. The molecule has 0 spiro atoms. The van der Waals surface area contributed by atoms with Crippen molar-refractivity contribution < 1.29 is 4.39 Å². The van der Waals surface area contributed by atoms with E-state index in [1.54, 1.807) is 12.1 Å². The minimum Gasteiger partial charge on any atom is -0.384 e. The van der Waals surface area contributed by atoms with Crippen LogP contribution in [-0.4, -0.2) is 18.9 Å². The van der Waals surface area contributed by atoms with Gasteiger partial charge in [-0.15, -0.1) is 0 Å². The van der Waals surface area contributed by atoms with Crippen molar-refractivity contribution in [2.75, 3.05) is 18.0 Å². The van der Waals surface area contributed by atoms with Crippen LogP contribution in [0.5, 0.6) is 0 Å². The molecule has 4 heteroatoms. The highest BCUT2D eigenvalue weighted by Crippen LogP contribution is 2.28. The summed E-state index contributed by atoms with van der Waals surface area (Å²) in [5.41, 5.74) is 6.47. The molecule has 110 valence electrons. The second-order valence-corrected chi connectivity index (χ2v) is 6.00. The van der Waals surface area contributed by atoms with Gasteiger partial charge in [0.15, 0.2) is 0 Å². The zero-order chi connectivity index (χ0) is 14.7. The molecule has 0 aromatic heterocycles. The van der Waals surface area contributed by atoms with Crippen molar-refractivity contribution in [1.29, 1.82) is 5.41 Å². The molecule has 0 amide bonds. The van der Waals surface area contributed by atoms with Crippen molar-refractivity contribution in [2.24, 2.45) is 17.6 Å². The first-order valence-corrected chi connectivity index (χ1v) is 7.38. The molecule has 0 saturated carbocycles. The number of hydrogen-bond acceptors (Lipinski definition) is 2. The van der Waals surface area contributed by atoms with Crippen LogP contribution < -0.4 is 10.6 Å². The van der Waals surface area contributed by atoms with E-state index in [1.165, 1.54) is 12.5 Å². The average molecular weight is 277 g/mol. The summed E-state index contributed by atoms with van der Waals surface area (Å²) >= 11 is 0. The van der Waals surface area contributed by atoms with Gasteiger partial charge in [-0.25, -0.2) is 4.39 Å². The summed E-state index contributed by atoms with van der Waals surface area (Å²) in [5, 5.41) is 7.35.